The van der Waals surface area contributed by atoms with Crippen LogP contribution in [0.1, 0.15) is 11.1 Å². The van der Waals surface area contributed by atoms with Gasteiger partial charge in [0.2, 0.25) is 0 Å². The number of nitrogens with two attached hydrogens (primary N) is 1. The molecule has 4 nitrogen and oxygen atoms in total. The number of aromatic hydroxyl groups is 1. The molecule has 0 fully saturated rings. The Morgan fingerprint density at radius 2 is 1.89 bits per heavy atom. The Kier molecular flexibility index (Phi) is 3.66. The van der Waals surface area contributed by atoms with Crippen LogP contribution in [-0.4, -0.2) is 22.1 Å². The Bertz CT molecular complexity index is 611. The SMILES string of the molecule is Cc1ccnc(N(C)c2ccc(O)cc2)c1C(N)=S. The van der Waals surface area contributed by atoms with Crippen LogP contribution in [-0.2, 0) is 0 Å². The van der Waals surface area contributed by atoms with Crippen LogP contribution in [0.15, 0.2) is 36.5 Å². The highest BCUT2D eigenvalue weighted by Crippen LogP contribution is 2.27. The van der Waals surface area contributed by atoms with Gasteiger partial charge in [0.05, 0.1) is 5.56 Å². The molecule has 0 saturated carbocycles. The average Bonchev–Trinajstić information content (AvgIpc) is 2.38. The van der Waals surface area contributed by atoms with Gasteiger partial charge in [0.1, 0.15) is 16.6 Å². The highest BCUT2D eigenvalue weighted by Gasteiger charge is 2.14. The first-order valence-electron chi connectivity index (χ1n) is 5.79. The first-order valence-corrected chi connectivity index (χ1v) is 6.19. The molecule has 0 atom stereocenters. The second-order valence-corrected chi connectivity index (χ2v) is 4.71. The van der Waals surface area contributed by atoms with Gasteiger partial charge < -0.3 is 15.7 Å². The monoisotopic (exact) mass is 273 g/mol. The second-order valence-electron chi connectivity index (χ2n) is 4.27. The van der Waals surface area contributed by atoms with Gasteiger partial charge >= 0.3 is 0 Å². The maximum atomic E-state index is 9.32. The van der Waals surface area contributed by atoms with Crippen LogP contribution in [0.5, 0.6) is 5.75 Å². The molecule has 0 aliphatic rings. The van der Waals surface area contributed by atoms with Gasteiger partial charge in [-0.15, -0.1) is 0 Å². The Morgan fingerprint density at radius 3 is 2.47 bits per heavy atom. The molecule has 0 amide bonds. The van der Waals surface area contributed by atoms with Crippen LogP contribution in [0.25, 0.3) is 0 Å². The fourth-order valence-electron chi connectivity index (χ4n) is 1.90. The normalized spacial score (nSPS) is 10.2. The number of phenolic OH excluding ortho intramolecular Hbond substituents is 1. The number of phenols is 1. The maximum Gasteiger partial charge on any atom is 0.143 e. The predicted molar refractivity (Wildman–Crippen MR) is 81.0 cm³/mol. The van der Waals surface area contributed by atoms with Crippen molar-refractivity contribution >= 4 is 28.7 Å². The van der Waals surface area contributed by atoms with Crippen molar-refractivity contribution < 1.29 is 5.11 Å². The molecule has 0 radical (unpaired) electrons. The number of anilines is 2. The van der Waals surface area contributed by atoms with Crippen molar-refractivity contribution in [3.05, 3.63) is 47.7 Å². The highest BCUT2D eigenvalue weighted by molar-refractivity contribution is 7.80. The molecule has 2 rings (SSSR count). The third-order valence-electron chi connectivity index (χ3n) is 2.94. The minimum atomic E-state index is 0.226. The van der Waals surface area contributed by atoms with Crippen LogP contribution < -0.4 is 10.6 Å². The molecule has 98 valence electrons. The zero-order chi connectivity index (χ0) is 14.0. The smallest absolute Gasteiger partial charge is 0.143 e. The molecular formula is C14H15N3OS. The van der Waals surface area contributed by atoms with Gasteiger partial charge in [0, 0.05) is 18.9 Å². The number of nitrogens with zero attached hydrogens (tertiary/aromatic N) is 2. The fourth-order valence-corrected chi connectivity index (χ4v) is 2.15. The molecule has 0 unspecified atom stereocenters. The third-order valence-corrected chi connectivity index (χ3v) is 3.14. The summed E-state index contributed by atoms with van der Waals surface area (Å²) in [5.74, 6) is 0.933. The standard InChI is InChI=1S/C14H15N3OS/c1-9-7-8-16-14(12(9)13(15)19)17(2)10-3-5-11(18)6-4-10/h3-8,18H,1-2H3,(H2,15,19). The van der Waals surface area contributed by atoms with E-state index in [1.807, 2.05) is 37.1 Å². The summed E-state index contributed by atoms with van der Waals surface area (Å²) < 4.78 is 0. The van der Waals surface area contributed by atoms with Crippen molar-refractivity contribution in [3.8, 4) is 5.75 Å². The summed E-state index contributed by atoms with van der Waals surface area (Å²) in [6.45, 7) is 1.95. The molecule has 0 saturated heterocycles. The Labute approximate surface area is 117 Å². The van der Waals surface area contributed by atoms with Crippen molar-refractivity contribution in [1.29, 1.82) is 0 Å². The van der Waals surface area contributed by atoms with Gasteiger partial charge in [-0.25, -0.2) is 4.98 Å². The van der Waals surface area contributed by atoms with Crippen molar-refractivity contribution in [2.24, 2.45) is 5.73 Å². The average molecular weight is 273 g/mol. The van der Waals surface area contributed by atoms with Gasteiger partial charge in [-0.05, 0) is 42.8 Å². The molecule has 0 bridgehead atoms. The quantitative estimate of drug-likeness (QED) is 0.841. The molecule has 0 aliphatic carbocycles. The van der Waals surface area contributed by atoms with E-state index < -0.39 is 0 Å². The molecule has 0 spiro atoms. The zero-order valence-electron chi connectivity index (χ0n) is 10.8. The summed E-state index contributed by atoms with van der Waals surface area (Å²) in [7, 11) is 1.88. The van der Waals surface area contributed by atoms with E-state index in [0.717, 1.165) is 16.8 Å². The summed E-state index contributed by atoms with van der Waals surface area (Å²) in [6.07, 6.45) is 1.73. The van der Waals surface area contributed by atoms with Crippen molar-refractivity contribution in [3.63, 3.8) is 0 Å². The number of benzene rings is 1. The lowest BCUT2D eigenvalue weighted by molar-refractivity contribution is 0.475. The second kappa shape index (κ2) is 5.24. The summed E-state index contributed by atoms with van der Waals surface area (Å²) in [4.78, 5) is 6.57. The van der Waals surface area contributed by atoms with E-state index in [4.69, 9.17) is 18.0 Å². The van der Waals surface area contributed by atoms with E-state index in [0.29, 0.717) is 10.8 Å². The summed E-state index contributed by atoms with van der Waals surface area (Å²) >= 11 is 5.10. The number of rotatable bonds is 3. The molecule has 3 N–H and O–H groups in total. The van der Waals surface area contributed by atoms with Gasteiger partial charge in [0.25, 0.3) is 0 Å². The number of hydrogen-bond acceptors (Lipinski definition) is 4. The van der Waals surface area contributed by atoms with E-state index in [1.165, 1.54) is 0 Å². The third kappa shape index (κ3) is 2.66. The molecule has 1 aromatic carbocycles. The lowest BCUT2D eigenvalue weighted by Gasteiger charge is -2.22. The molecule has 1 heterocycles. The predicted octanol–water partition coefficient (Wildman–Crippen LogP) is 2.50. The van der Waals surface area contributed by atoms with E-state index >= 15 is 0 Å². The molecule has 19 heavy (non-hydrogen) atoms. The Balaban J connectivity index is 2.49. The number of pyridine rings is 1. The molecule has 5 heteroatoms. The van der Waals surface area contributed by atoms with E-state index in [9.17, 15) is 5.11 Å². The van der Waals surface area contributed by atoms with Crippen molar-refractivity contribution in [2.75, 3.05) is 11.9 Å². The lowest BCUT2D eigenvalue weighted by atomic mass is 10.1. The highest BCUT2D eigenvalue weighted by atomic mass is 32.1. The van der Waals surface area contributed by atoms with Crippen LogP contribution in [0.4, 0.5) is 11.5 Å². The van der Waals surface area contributed by atoms with E-state index in [2.05, 4.69) is 4.98 Å². The fraction of sp³-hybridized carbons (Fsp3) is 0.143. The number of hydrogen-bond donors (Lipinski definition) is 2. The van der Waals surface area contributed by atoms with Crippen LogP contribution >= 0.6 is 12.2 Å². The zero-order valence-corrected chi connectivity index (χ0v) is 11.6. The molecule has 1 aromatic heterocycles. The lowest BCUT2D eigenvalue weighted by Crippen LogP contribution is -2.20. The Hall–Kier alpha value is -2.14. The first-order chi connectivity index (χ1) is 9.00. The van der Waals surface area contributed by atoms with Crippen molar-refractivity contribution in [1.82, 2.24) is 4.98 Å². The maximum absolute atomic E-state index is 9.32. The van der Waals surface area contributed by atoms with Crippen LogP contribution in [0.3, 0.4) is 0 Å². The first kappa shape index (κ1) is 13.3. The summed E-state index contributed by atoms with van der Waals surface area (Å²) in [5, 5.41) is 9.32. The van der Waals surface area contributed by atoms with E-state index in [1.54, 1.807) is 18.3 Å². The minimum Gasteiger partial charge on any atom is -0.508 e. The van der Waals surface area contributed by atoms with Gasteiger partial charge in [-0.3, -0.25) is 0 Å². The van der Waals surface area contributed by atoms with Gasteiger partial charge in [-0.2, -0.15) is 0 Å². The topological polar surface area (TPSA) is 62.4 Å². The molecule has 2 aromatic rings. The summed E-state index contributed by atoms with van der Waals surface area (Å²) in [5.41, 5.74) is 8.44. The van der Waals surface area contributed by atoms with Crippen LogP contribution in [0.2, 0.25) is 0 Å². The molecular weight excluding hydrogens is 258 g/mol. The summed E-state index contributed by atoms with van der Waals surface area (Å²) in [6, 6.07) is 8.75. The number of aromatic nitrogens is 1. The van der Waals surface area contributed by atoms with Crippen LogP contribution in [0, 0.1) is 6.92 Å². The largest absolute Gasteiger partial charge is 0.508 e. The minimum absolute atomic E-state index is 0.226. The van der Waals surface area contributed by atoms with E-state index in [-0.39, 0.29) is 5.75 Å². The van der Waals surface area contributed by atoms with Gasteiger partial charge in [-0.1, -0.05) is 12.2 Å². The molecule has 0 aliphatic heterocycles. The van der Waals surface area contributed by atoms with Gasteiger partial charge in [0.15, 0.2) is 0 Å². The van der Waals surface area contributed by atoms with Crippen molar-refractivity contribution in [2.45, 2.75) is 6.92 Å². The number of thiocarbonyl (C=S) groups is 1. The number of aryl methyl sites for hydroxylation is 1. The Morgan fingerprint density at radius 1 is 1.26 bits per heavy atom.